The van der Waals surface area contributed by atoms with Crippen LogP contribution < -0.4 is 0 Å². The summed E-state index contributed by atoms with van der Waals surface area (Å²) in [6, 6.07) is 7.93. The normalized spacial score (nSPS) is 12.6. The van der Waals surface area contributed by atoms with Crippen LogP contribution in [-0.2, 0) is 9.84 Å². The van der Waals surface area contributed by atoms with Crippen LogP contribution in [0.1, 0.15) is 26.9 Å². The maximum Gasteiger partial charge on any atom is 0.191 e. The summed E-state index contributed by atoms with van der Waals surface area (Å²) in [5, 5.41) is -1.72. The van der Waals surface area contributed by atoms with E-state index in [1.165, 1.54) is 24.3 Å². The van der Waals surface area contributed by atoms with Crippen molar-refractivity contribution in [3.63, 3.8) is 0 Å². The number of hydrogen-bond acceptors (Lipinski definition) is 4. The number of hydrogen-bond donors (Lipinski definition) is 0. The Bertz CT molecular complexity index is 1150. The molecule has 28 heavy (non-hydrogen) atoms. The number of benzene rings is 2. The van der Waals surface area contributed by atoms with Crippen LogP contribution in [0.2, 0.25) is 5.02 Å². The van der Waals surface area contributed by atoms with Gasteiger partial charge in [0.15, 0.2) is 16.1 Å². The minimum absolute atomic E-state index is 0.136. The number of pyridine rings is 1. The lowest BCUT2D eigenvalue weighted by Crippen LogP contribution is -2.19. The standard InChI is InChI=1S/C19H11ClF3NO3S/c20-12-1-4-14(5-2-12)28(26,27)19(15-8-13(21)3-6-16(15)22)18-17(23)7-11(10-25)9-24-18/h1-10,19H. The van der Waals surface area contributed by atoms with Crippen molar-refractivity contribution in [1.82, 2.24) is 4.98 Å². The fourth-order valence-corrected chi connectivity index (χ4v) is 4.55. The summed E-state index contributed by atoms with van der Waals surface area (Å²) in [4.78, 5) is 14.2. The van der Waals surface area contributed by atoms with Gasteiger partial charge in [0.05, 0.1) is 10.6 Å². The number of halogens is 4. The first kappa shape index (κ1) is 20.0. The summed E-state index contributed by atoms with van der Waals surface area (Å²) in [6.45, 7) is 0. The molecule has 1 unspecified atom stereocenters. The molecule has 0 aliphatic rings. The molecular weight excluding hydrogens is 415 g/mol. The predicted octanol–water partition coefficient (Wildman–Crippen LogP) is 4.53. The molecule has 0 aliphatic heterocycles. The third-order valence-electron chi connectivity index (χ3n) is 3.97. The van der Waals surface area contributed by atoms with Crippen molar-refractivity contribution in [2.24, 2.45) is 0 Å². The van der Waals surface area contributed by atoms with E-state index in [4.69, 9.17) is 11.6 Å². The Morgan fingerprint density at radius 2 is 1.64 bits per heavy atom. The maximum atomic E-state index is 14.6. The second-order valence-corrected chi connectivity index (χ2v) is 8.27. The molecule has 0 N–H and O–H groups in total. The van der Waals surface area contributed by atoms with Crippen LogP contribution in [0.3, 0.4) is 0 Å². The van der Waals surface area contributed by atoms with Gasteiger partial charge in [-0.1, -0.05) is 11.6 Å². The Morgan fingerprint density at radius 1 is 0.964 bits per heavy atom. The summed E-state index contributed by atoms with van der Waals surface area (Å²) in [5.74, 6) is -3.10. The maximum absolute atomic E-state index is 14.6. The molecule has 1 aromatic heterocycles. The van der Waals surface area contributed by atoms with Crippen LogP contribution in [0.25, 0.3) is 0 Å². The molecule has 0 amide bonds. The number of aldehydes is 1. The first-order chi connectivity index (χ1) is 13.2. The van der Waals surface area contributed by atoms with Gasteiger partial charge in [-0.15, -0.1) is 0 Å². The smallest absolute Gasteiger partial charge is 0.191 e. The number of nitrogens with zero attached hydrogens (tertiary/aromatic N) is 1. The van der Waals surface area contributed by atoms with Crippen molar-refractivity contribution in [1.29, 1.82) is 0 Å². The highest BCUT2D eigenvalue weighted by molar-refractivity contribution is 7.91. The van der Waals surface area contributed by atoms with Gasteiger partial charge in [0.1, 0.15) is 22.7 Å². The molecule has 1 atom stereocenters. The second-order valence-electron chi connectivity index (χ2n) is 5.80. The summed E-state index contributed by atoms with van der Waals surface area (Å²) < 4.78 is 69.2. The van der Waals surface area contributed by atoms with E-state index in [1.54, 1.807) is 0 Å². The SMILES string of the molecule is O=Cc1cnc(C(c2cc(F)ccc2F)S(=O)(=O)c2ccc(Cl)cc2)c(F)c1. The number of carbonyl (C=O) groups excluding carboxylic acids is 1. The number of carbonyl (C=O) groups is 1. The summed E-state index contributed by atoms with van der Waals surface area (Å²) >= 11 is 5.77. The second kappa shape index (κ2) is 7.73. The molecule has 9 heteroatoms. The molecule has 1 heterocycles. The average Bonchev–Trinajstić information content (AvgIpc) is 2.66. The molecular formula is C19H11ClF3NO3S. The predicted molar refractivity (Wildman–Crippen MR) is 96.4 cm³/mol. The van der Waals surface area contributed by atoms with E-state index in [9.17, 15) is 26.4 Å². The summed E-state index contributed by atoms with van der Waals surface area (Å²) in [5.41, 5.74) is -1.41. The van der Waals surface area contributed by atoms with Crippen molar-refractivity contribution in [3.05, 3.63) is 94.0 Å². The van der Waals surface area contributed by atoms with Gasteiger partial charge in [-0.3, -0.25) is 9.78 Å². The number of aromatic nitrogens is 1. The van der Waals surface area contributed by atoms with Gasteiger partial charge in [-0.2, -0.15) is 0 Å². The minimum atomic E-state index is -4.46. The van der Waals surface area contributed by atoms with Crippen molar-refractivity contribution >= 4 is 27.7 Å². The first-order valence-corrected chi connectivity index (χ1v) is 9.71. The van der Waals surface area contributed by atoms with Crippen molar-refractivity contribution < 1.29 is 26.4 Å². The highest BCUT2D eigenvalue weighted by Crippen LogP contribution is 2.37. The lowest BCUT2D eigenvalue weighted by atomic mass is 10.1. The number of rotatable bonds is 5. The van der Waals surface area contributed by atoms with E-state index < -0.39 is 43.8 Å². The Balaban J connectivity index is 2.30. The molecule has 2 aromatic carbocycles. The number of sulfone groups is 1. The van der Waals surface area contributed by atoms with Crippen molar-refractivity contribution in [2.75, 3.05) is 0 Å². The largest absolute Gasteiger partial charge is 0.298 e. The molecule has 0 radical (unpaired) electrons. The molecule has 3 rings (SSSR count). The minimum Gasteiger partial charge on any atom is -0.298 e. The fraction of sp³-hybridized carbons (Fsp3) is 0.0526. The van der Waals surface area contributed by atoms with E-state index in [2.05, 4.69) is 4.98 Å². The topological polar surface area (TPSA) is 64.1 Å². The van der Waals surface area contributed by atoms with Crippen LogP contribution in [0, 0.1) is 17.5 Å². The molecule has 0 fully saturated rings. The van der Waals surface area contributed by atoms with Crippen LogP contribution in [-0.4, -0.2) is 19.7 Å². The third kappa shape index (κ3) is 3.79. The van der Waals surface area contributed by atoms with E-state index in [0.717, 1.165) is 24.4 Å². The zero-order chi connectivity index (χ0) is 20.5. The first-order valence-electron chi connectivity index (χ1n) is 7.79. The van der Waals surface area contributed by atoms with Gasteiger partial charge in [0, 0.05) is 22.3 Å². The van der Waals surface area contributed by atoms with Crippen molar-refractivity contribution in [3.8, 4) is 0 Å². The zero-order valence-corrected chi connectivity index (χ0v) is 15.5. The molecule has 4 nitrogen and oxygen atoms in total. The van der Waals surface area contributed by atoms with Crippen LogP contribution in [0.15, 0.2) is 59.6 Å². The molecule has 3 aromatic rings. The molecule has 0 saturated heterocycles. The molecule has 0 spiro atoms. The van der Waals surface area contributed by atoms with Crippen LogP contribution in [0.5, 0.6) is 0 Å². The van der Waals surface area contributed by atoms with Gasteiger partial charge in [0.2, 0.25) is 0 Å². The Labute approximate surface area is 163 Å². The quantitative estimate of drug-likeness (QED) is 0.563. The lowest BCUT2D eigenvalue weighted by Gasteiger charge is -2.19. The van der Waals surface area contributed by atoms with Gasteiger partial charge in [-0.25, -0.2) is 21.6 Å². The van der Waals surface area contributed by atoms with E-state index >= 15 is 0 Å². The van der Waals surface area contributed by atoms with E-state index in [1.807, 2.05) is 0 Å². The molecule has 144 valence electrons. The monoisotopic (exact) mass is 425 g/mol. The van der Waals surface area contributed by atoms with Crippen molar-refractivity contribution in [2.45, 2.75) is 10.1 Å². The Hall–Kier alpha value is -2.71. The van der Waals surface area contributed by atoms with Crippen LogP contribution in [0.4, 0.5) is 13.2 Å². The molecule has 0 bridgehead atoms. The Morgan fingerprint density at radius 3 is 2.25 bits per heavy atom. The molecule has 0 saturated carbocycles. The van der Waals surface area contributed by atoms with Crippen LogP contribution >= 0.6 is 11.6 Å². The van der Waals surface area contributed by atoms with E-state index in [0.29, 0.717) is 12.4 Å². The average molecular weight is 426 g/mol. The lowest BCUT2D eigenvalue weighted by molar-refractivity contribution is 0.112. The highest BCUT2D eigenvalue weighted by Gasteiger charge is 2.36. The van der Waals surface area contributed by atoms with Gasteiger partial charge in [0.25, 0.3) is 0 Å². The van der Waals surface area contributed by atoms with E-state index in [-0.39, 0.29) is 15.5 Å². The summed E-state index contributed by atoms with van der Waals surface area (Å²) in [7, 11) is -4.46. The molecule has 0 aliphatic carbocycles. The fourth-order valence-electron chi connectivity index (χ4n) is 2.66. The Kier molecular flexibility index (Phi) is 5.53. The zero-order valence-electron chi connectivity index (χ0n) is 13.9. The van der Waals surface area contributed by atoms with Gasteiger partial charge in [-0.05, 0) is 48.5 Å². The third-order valence-corrected chi connectivity index (χ3v) is 6.25. The van der Waals surface area contributed by atoms with Gasteiger partial charge < -0.3 is 0 Å². The summed E-state index contributed by atoms with van der Waals surface area (Å²) in [6.07, 6.45) is 1.28. The highest BCUT2D eigenvalue weighted by atomic mass is 35.5. The van der Waals surface area contributed by atoms with Gasteiger partial charge >= 0.3 is 0 Å².